The van der Waals surface area contributed by atoms with Gasteiger partial charge in [-0.2, -0.15) is 0 Å². The molecule has 0 fully saturated rings. The zero-order valence-corrected chi connectivity index (χ0v) is 19.3. The van der Waals surface area contributed by atoms with E-state index in [0.717, 1.165) is 36.8 Å². The van der Waals surface area contributed by atoms with Crippen molar-refractivity contribution in [1.82, 2.24) is 0 Å². The zero-order chi connectivity index (χ0) is 22.7. The van der Waals surface area contributed by atoms with E-state index in [1.54, 1.807) is 36.4 Å². The van der Waals surface area contributed by atoms with Crippen molar-refractivity contribution in [2.45, 2.75) is 62.2 Å². The molecule has 0 unspecified atom stereocenters. The van der Waals surface area contributed by atoms with Crippen molar-refractivity contribution in [1.29, 1.82) is 0 Å². The number of hydrogen-bond donors (Lipinski definition) is 2. The number of rotatable bonds is 14. The Morgan fingerprint density at radius 3 is 1.52 bits per heavy atom. The molecule has 0 radical (unpaired) electrons. The van der Waals surface area contributed by atoms with Gasteiger partial charge in [0.25, 0.3) is 0 Å². The van der Waals surface area contributed by atoms with Crippen LogP contribution in [-0.2, 0) is 22.7 Å². The molecule has 2 aromatic carbocycles. The molecular formula is C24H34O6S. The number of aryl methyl sites for hydroxylation is 2. The van der Waals surface area contributed by atoms with E-state index >= 15 is 0 Å². The number of benzene rings is 2. The summed E-state index contributed by atoms with van der Waals surface area (Å²) < 4.78 is 37.9. The number of aliphatic hydroxyl groups excluding tert-OH is 2. The SMILES string of the molecule is CCCCc1cc(S(=O)(=O)c2ccc(OCCO)c(CCCC)c2)ccc1OCCO. The molecular weight excluding hydrogens is 416 g/mol. The summed E-state index contributed by atoms with van der Waals surface area (Å²) in [5, 5.41) is 18.1. The summed E-state index contributed by atoms with van der Waals surface area (Å²) in [6.07, 6.45) is 5.19. The first kappa shape index (κ1) is 25.2. The monoisotopic (exact) mass is 450 g/mol. The van der Waals surface area contributed by atoms with Crippen molar-refractivity contribution in [2.24, 2.45) is 0 Å². The van der Waals surface area contributed by atoms with Crippen LogP contribution in [0.4, 0.5) is 0 Å². The number of unbranched alkanes of at least 4 members (excludes halogenated alkanes) is 2. The second-order valence-corrected chi connectivity index (χ2v) is 9.34. The van der Waals surface area contributed by atoms with Crippen LogP contribution in [0.5, 0.6) is 11.5 Å². The molecule has 2 rings (SSSR count). The number of ether oxygens (including phenoxy) is 2. The lowest BCUT2D eigenvalue weighted by Gasteiger charge is -2.15. The summed E-state index contributed by atoms with van der Waals surface area (Å²) in [5.74, 6) is 1.22. The first-order valence-corrected chi connectivity index (χ1v) is 12.4. The maximum atomic E-state index is 13.4. The van der Waals surface area contributed by atoms with E-state index in [4.69, 9.17) is 19.7 Å². The Morgan fingerprint density at radius 2 is 1.16 bits per heavy atom. The van der Waals surface area contributed by atoms with Gasteiger partial charge in [-0.3, -0.25) is 0 Å². The summed E-state index contributed by atoms with van der Waals surface area (Å²) in [4.78, 5) is 0.445. The Hall–Kier alpha value is -2.09. The molecule has 0 saturated heterocycles. The molecule has 172 valence electrons. The van der Waals surface area contributed by atoms with Gasteiger partial charge in [-0.25, -0.2) is 8.42 Å². The third-order valence-electron chi connectivity index (χ3n) is 4.98. The van der Waals surface area contributed by atoms with Gasteiger partial charge in [0.05, 0.1) is 23.0 Å². The molecule has 2 N–H and O–H groups in total. The highest BCUT2D eigenvalue weighted by Crippen LogP contribution is 2.31. The minimum atomic E-state index is -3.72. The van der Waals surface area contributed by atoms with E-state index in [1.807, 2.05) is 0 Å². The molecule has 0 aliphatic carbocycles. The lowest BCUT2D eigenvalue weighted by Crippen LogP contribution is -2.08. The standard InChI is InChI=1S/C24H34O6S/c1-3-5-7-19-17-21(9-11-23(19)29-15-13-25)31(27,28)22-10-12-24(30-16-14-26)20(18-22)8-6-4-2/h9-12,17-18,25-26H,3-8,13-16H2,1-2H3. The van der Waals surface area contributed by atoms with Gasteiger partial charge in [-0.05, 0) is 73.2 Å². The Morgan fingerprint density at radius 1 is 0.742 bits per heavy atom. The van der Waals surface area contributed by atoms with Crippen LogP contribution < -0.4 is 9.47 Å². The molecule has 0 heterocycles. The zero-order valence-electron chi connectivity index (χ0n) is 18.5. The first-order chi connectivity index (χ1) is 15.0. The fourth-order valence-electron chi connectivity index (χ4n) is 3.30. The van der Waals surface area contributed by atoms with E-state index in [0.29, 0.717) is 24.3 Å². The third-order valence-corrected chi connectivity index (χ3v) is 6.73. The normalized spacial score (nSPS) is 11.5. The maximum Gasteiger partial charge on any atom is 0.206 e. The van der Waals surface area contributed by atoms with Crippen molar-refractivity contribution < 1.29 is 28.1 Å². The quantitative estimate of drug-likeness (QED) is 0.453. The van der Waals surface area contributed by atoms with Crippen LogP contribution in [-0.4, -0.2) is 45.1 Å². The van der Waals surface area contributed by atoms with Crippen LogP contribution in [0.25, 0.3) is 0 Å². The Labute approximate surface area is 185 Å². The summed E-state index contributed by atoms with van der Waals surface area (Å²) in [7, 11) is -3.72. The van der Waals surface area contributed by atoms with E-state index in [1.165, 1.54) is 0 Å². The maximum absolute atomic E-state index is 13.4. The second kappa shape index (κ2) is 12.7. The van der Waals surface area contributed by atoms with E-state index in [2.05, 4.69) is 13.8 Å². The Kier molecular flexibility index (Phi) is 10.3. The molecule has 0 aliphatic rings. The lowest BCUT2D eigenvalue weighted by atomic mass is 10.1. The fraction of sp³-hybridized carbons (Fsp3) is 0.500. The molecule has 0 bridgehead atoms. The topological polar surface area (TPSA) is 93.1 Å². The highest BCUT2D eigenvalue weighted by molar-refractivity contribution is 7.91. The summed E-state index contributed by atoms with van der Waals surface area (Å²) >= 11 is 0. The Bertz CT molecular complexity index is 854. The van der Waals surface area contributed by atoms with Crippen molar-refractivity contribution in [3.63, 3.8) is 0 Å². The highest BCUT2D eigenvalue weighted by Gasteiger charge is 2.21. The summed E-state index contributed by atoms with van der Waals surface area (Å²) in [6, 6.07) is 9.81. The van der Waals surface area contributed by atoms with Crippen molar-refractivity contribution in [3.05, 3.63) is 47.5 Å². The van der Waals surface area contributed by atoms with Gasteiger partial charge in [-0.15, -0.1) is 0 Å². The van der Waals surface area contributed by atoms with Crippen molar-refractivity contribution in [3.8, 4) is 11.5 Å². The highest BCUT2D eigenvalue weighted by atomic mass is 32.2. The van der Waals surface area contributed by atoms with E-state index in [-0.39, 0.29) is 36.2 Å². The predicted octanol–water partition coefficient (Wildman–Crippen LogP) is 3.95. The summed E-state index contributed by atoms with van der Waals surface area (Å²) in [5.41, 5.74) is 1.65. The third kappa shape index (κ3) is 6.95. The molecule has 0 spiro atoms. The van der Waals surface area contributed by atoms with Gasteiger partial charge < -0.3 is 19.7 Å². The first-order valence-electron chi connectivity index (χ1n) is 11.0. The second-order valence-electron chi connectivity index (χ2n) is 7.39. The molecule has 0 saturated carbocycles. The fourth-order valence-corrected chi connectivity index (χ4v) is 4.66. The molecule has 2 aromatic rings. The van der Waals surface area contributed by atoms with E-state index < -0.39 is 9.84 Å². The minimum absolute atomic E-state index is 0.0987. The van der Waals surface area contributed by atoms with Crippen LogP contribution in [0.15, 0.2) is 46.2 Å². The number of aliphatic hydroxyl groups is 2. The van der Waals surface area contributed by atoms with Gasteiger partial charge in [0.15, 0.2) is 0 Å². The molecule has 6 nitrogen and oxygen atoms in total. The molecule has 0 amide bonds. The van der Waals surface area contributed by atoms with Crippen molar-refractivity contribution in [2.75, 3.05) is 26.4 Å². The van der Waals surface area contributed by atoms with Gasteiger partial charge in [-0.1, -0.05) is 26.7 Å². The molecule has 7 heteroatoms. The van der Waals surface area contributed by atoms with Gasteiger partial charge in [0, 0.05) is 0 Å². The van der Waals surface area contributed by atoms with Crippen molar-refractivity contribution >= 4 is 9.84 Å². The predicted molar refractivity (Wildman–Crippen MR) is 121 cm³/mol. The largest absolute Gasteiger partial charge is 0.491 e. The molecule has 31 heavy (non-hydrogen) atoms. The van der Waals surface area contributed by atoms with Crippen LogP contribution in [0, 0.1) is 0 Å². The molecule has 0 aromatic heterocycles. The number of sulfone groups is 1. The van der Waals surface area contributed by atoms with Crippen LogP contribution in [0.3, 0.4) is 0 Å². The van der Waals surface area contributed by atoms with Crippen LogP contribution >= 0.6 is 0 Å². The smallest absolute Gasteiger partial charge is 0.206 e. The Balaban J connectivity index is 2.42. The molecule has 0 atom stereocenters. The van der Waals surface area contributed by atoms with Gasteiger partial charge in [0.2, 0.25) is 9.84 Å². The summed E-state index contributed by atoms with van der Waals surface area (Å²) in [6.45, 7) is 4.29. The number of hydrogen-bond acceptors (Lipinski definition) is 6. The van der Waals surface area contributed by atoms with Gasteiger partial charge in [0.1, 0.15) is 24.7 Å². The average Bonchev–Trinajstić information content (AvgIpc) is 2.78. The average molecular weight is 451 g/mol. The van der Waals surface area contributed by atoms with Crippen LogP contribution in [0.1, 0.15) is 50.7 Å². The van der Waals surface area contributed by atoms with E-state index in [9.17, 15) is 8.42 Å². The molecule has 0 aliphatic heterocycles. The lowest BCUT2D eigenvalue weighted by molar-refractivity contribution is 0.200. The minimum Gasteiger partial charge on any atom is -0.491 e. The van der Waals surface area contributed by atoms with Gasteiger partial charge >= 0.3 is 0 Å². The van der Waals surface area contributed by atoms with Crippen LogP contribution in [0.2, 0.25) is 0 Å².